The van der Waals surface area contributed by atoms with Gasteiger partial charge in [-0.1, -0.05) is 18.2 Å². The van der Waals surface area contributed by atoms with E-state index in [2.05, 4.69) is 5.32 Å². The number of likely N-dealkylation sites (tertiary alicyclic amines) is 1. The van der Waals surface area contributed by atoms with Gasteiger partial charge in [-0.2, -0.15) is 13.2 Å². The van der Waals surface area contributed by atoms with Gasteiger partial charge in [-0.15, -0.1) is 12.4 Å². The van der Waals surface area contributed by atoms with E-state index in [1.165, 1.54) is 6.07 Å². The maximum absolute atomic E-state index is 12.9. The molecule has 1 saturated heterocycles. The summed E-state index contributed by atoms with van der Waals surface area (Å²) < 4.78 is 38.7. The molecule has 1 aromatic carbocycles. The third-order valence-electron chi connectivity index (χ3n) is 5.09. The first-order valence-electron chi connectivity index (χ1n) is 8.01. The first kappa shape index (κ1) is 19.1. The van der Waals surface area contributed by atoms with Gasteiger partial charge in [-0.3, -0.25) is 4.79 Å². The molecule has 0 spiro atoms. The fourth-order valence-electron chi connectivity index (χ4n) is 3.42. The van der Waals surface area contributed by atoms with Gasteiger partial charge in [0.25, 0.3) is 0 Å². The van der Waals surface area contributed by atoms with Crippen LogP contribution in [0.5, 0.6) is 0 Å². The van der Waals surface area contributed by atoms with Crippen LogP contribution >= 0.6 is 12.4 Å². The lowest BCUT2D eigenvalue weighted by Crippen LogP contribution is -2.47. The molecule has 1 aliphatic carbocycles. The molecule has 0 radical (unpaired) electrons. The lowest BCUT2D eigenvalue weighted by atomic mass is 9.91. The van der Waals surface area contributed by atoms with E-state index in [-0.39, 0.29) is 18.3 Å². The summed E-state index contributed by atoms with van der Waals surface area (Å²) >= 11 is 0. The Labute approximate surface area is 146 Å². The van der Waals surface area contributed by atoms with Crippen LogP contribution in [0.3, 0.4) is 0 Å². The average Bonchev–Trinajstić information content (AvgIpc) is 3.35. The monoisotopic (exact) mass is 362 g/mol. The Balaban J connectivity index is 0.00000208. The number of carbonyl (C=O) groups is 1. The number of piperidine rings is 1. The highest BCUT2D eigenvalue weighted by atomic mass is 35.5. The standard InChI is InChI=1S/C17H21F3N2O.ClH/c1-21-14-5-9-22(10-6-14)15(23)16(7-8-16)12-3-2-4-13(11-12)17(18,19)20;/h2-4,11,14,21H,5-10H2,1H3;1H. The number of amides is 1. The molecule has 1 N–H and O–H groups in total. The second-order valence-corrected chi connectivity index (χ2v) is 6.52. The van der Waals surface area contributed by atoms with Crippen molar-refractivity contribution in [3.05, 3.63) is 35.4 Å². The highest BCUT2D eigenvalue weighted by Gasteiger charge is 2.53. The predicted octanol–water partition coefficient (Wildman–Crippen LogP) is 3.37. The highest BCUT2D eigenvalue weighted by Crippen LogP contribution is 2.50. The zero-order valence-electron chi connectivity index (χ0n) is 13.5. The van der Waals surface area contributed by atoms with Crippen LogP contribution < -0.4 is 5.32 Å². The quantitative estimate of drug-likeness (QED) is 0.894. The minimum atomic E-state index is -4.37. The first-order chi connectivity index (χ1) is 10.9. The van der Waals surface area contributed by atoms with Crippen LogP contribution in [0.2, 0.25) is 0 Å². The molecule has 1 aliphatic heterocycles. The van der Waals surface area contributed by atoms with Crippen molar-refractivity contribution >= 4 is 18.3 Å². The van der Waals surface area contributed by atoms with Gasteiger partial charge in [0.05, 0.1) is 11.0 Å². The molecule has 0 bridgehead atoms. The molecule has 0 atom stereocenters. The van der Waals surface area contributed by atoms with Gasteiger partial charge in [-0.25, -0.2) is 0 Å². The largest absolute Gasteiger partial charge is 0.416 e. The van der Waals surface area contributed by atoms with Crippen LogP contribution in [0.4, 0.5) is 13.2 Å². The van der Waals surface area contributed by atoms with Crippen molar-refractivity contribution in [3.63, 3.8) is 0 Å². The molecule has 7 heteroatoms. The second kappa shape index (κ2) is 6.92. The molecule has 1 heterocycles. The number of alkyl halides is 3. The lowest BCUT2D eigenvalue weighted by molar-refractivity contribution is -0.138. The number of hydrogen-bond donors (Lipinski definition) is 1. The summed E-state index contributed by atoms with van der Waals surface area (Å²) in [6, 6.07) is 5.68. The summed E-state index contributed by atoms with van der Waals surface area (Å²) in [5.74, 6) is -0.00798. The summed E-state index contributed by atoms with van der Waals surface area (Å²) in [7, 11) is 1.91. The fourth-order valence-corrected chi connectivity index (χ4v) is 3.42. The van der Waals surface area contributed by atoms with E-state index in [1.54, 1.807) is 6.07 Å². The number of nitrogens with zero attached hydrogens (tertiary/aromatic N) is 1. The number of carbonyl (C=O) groups excluding carboxylic acids is 1. The summed E-state index contributed by atoms with van der Waals surface area (Å²) in [5, 5.41) is 3.21. The van der Waals surface area contributed by atoms with Crippen molar-refractivity contribution in [1.82, 2.24) is 10.2 Å². The first-order valence-corrected chi connectivity index (χ1v) is 8.01. The Bertz CT molecular complexity index is 594. The van der Waals surface area contributed by atoms with Crippen molar-refractivity contribution < 1.29 is 18.0 Å². The number of hydrogen-bond acceptors (Lipinski definition) is 2. The predicted molar refractivity (Wildman–Crippen MR) is 88.3 cm³/mol. The highest BCUT2D eigenvalue weighted by molar-refractivity contribution is 5.91. The molecule has 2 aliphatic rings. The van der Waals surface area contributed by atoms with Crippen LogP contribution in [-0.2, 0) is 16.4 Å². The van der Waals surface area contributed by atoms with Gasteiger partial charge < -0.3 is 10.2 Å². The molecule has 1 aromatic rings. The SMILES string of the molecule is CNC1CCN(C(=O)C2(c3cccc(C(F)(F)F)c3)CC2)CC1.Cl. The Hall–Kier alpha value is -1.27. The number of halogens is 4. The van der Waals surface area contributed by atoms with E-state index >= 15 is 0 Å². The van der Waals surface area contributed by atoms with Gasteiger partial charge in [0.2, 0.25) is 5.91 Å². The van der Waals surface area contributed by atoms with E-state index in [0.29, 0.717) is 37.5 Å². The Morgan fingerprint density at radius 2 is 1.88 bits per heavy atom. The van der Waals surface area contributed by atoms with Crippen molar-refractivity contribution in [2.24, 2.45) is 0 Å². The molecule has 134 valence electrons. The normalized spacial score (nSPS) is 20.4. The second-order valence-electron chi connectivity index (χ2n) is 6.52. The van der Waals surface area contributed by atoms with Gasteiger partial charge in [0.1, 0.15) is 0 Å². The topological polar surface area (TPSA) is 32.3 Å². The third kappa shape index (κ3) is 3.54. The van der Waals surface area contributed by atoms with Crippen LogP contribution in [0.25, 0.3) is 0 Å². The van der Waals surface area contributed by atoms with Crippen molar-refractivity contribution in [2.45, 2.75) is 43.3 Å². The third-order valence-corrected chi connectivity index (χ3v) is 5.09. The molecule has 0 unspecified atom stereocenters. The van der Waals surface area contributed by atoms with Crippen molar-refractivity contribution in [1.29, 1.82) is 0 Å². The molecule has 3 rings (SSSR count). The molecular formula is C17H22ClF3N2O. The van der Waals surface area contributed by atoms with Crippen LogP contribution in [-0.4, -0.2) is 37.0 Å². The molecule has 2 fully saturated rings. The summed E-state index contributed by atoms with van der Waals surface area (Å²) in [6.07, 6.45) is -1.32. The number of nitrogens with one attached hydrogen (secondary N) is 1. The summed E-state index contributed by atoms with van der Waals surface area (Å²) in [5.41, 5.74) is -0.899. The van der Waals surface area contributed by atoms with Crippen molar-refractivity contribution in [2.75, 3.05) is 20.1 Å². The van der Waals surface area contributed by atoms with Crippen LogP contribution in [0.1, 0.15) is 36.8 Å². The summed E-state index contributed by atoms with van der Waals surface area (Å²) in [4.78, 5) is 14.7. The molecule has 0 aromatic heterocycles. The zero-order chi connectivity index (χ0) is 16.7. The molecule has 24 heavy (non-hydrogen) atoms. The number of rotatable bonds is 3. The van der Waals surface area contributed by atoms with Gasteiger partial charge in [-0.05, 0) is 44.4 Å². The van der Waals surface area contributed by atoms with Crippen LogP contribution in [0, 0.1) is 0 Å². The van der Waals surface area contributed by atoms with Gasteiger partial charge >= 0.3 is 6.18 Å². The van der Waals surface area contributed by atoms with E-state index in [4.69, 9.17) is 0 Å². The van der Waals surface area contributed by atoms with E-state index < -0.39 is 17.2 Å². The smallest absolute Gasteiger partial charge is 0.342 e. The van der Waals surface area contributed by atoms with Crippen LogP contribution in [0.15, 0.2) is 24.3 Å². The Morgan fingerprint density at radius 3 is 2.38 bits per heavy atom. The maximum atomic E-state index is 12.9. The van der Waals surface area contributed by atoms with Gasteiger partial charge in [0.15, 0.2) is 0 Å². The van der Waals surface area contributed by atoms with E-state index in [9.17, 15) is 18.0 Å². The molecule has 1 amide bonds. The number of benzene rings is 1. The minimum Gasteiger partial charge on any atom is -0.342 e. The minimum absolute atomic E-state index is 0. The lowest BCUT2D eigenvalue weighted by Gasteiger charge is -2.34. The van der Waals surface area contributed by atoms with E-state index in [1.807, 2.05) is 11.9 Å². The maximum Gasteiger partial charge on any atom is 0.416 e. The van der Waals surface area contributed by atoms with E-state index in [0.717, 1.165) is 25.0 Å². The van der Waals surface area contributed by atoms with Gasteiger partial charge in [0, 0.05) is 19.1 Å². The summed E-state index contributed by atoms with van der Waals surface area (Å²) in [6.45, 7) is 1.34. The van der Waals surface area contributed by atoms with Crippen molar-refractivity contribution in [3.8, 4) is 0 Å². The zero-order valence-corrected chi connectivity index (χ0v) is 14.3. The molecular weight excluding hydrogens is 341 g/mol. The Kier molecular flexibility index (Phi) is 5.50. The Morgan fingerprint density at radius 1 is 1.25 bits per heavy atom. The molecule has 1 saturated carbocycles. The molecule has 3 nitrogen and oxygen atoms in total. The fraction of sp³-hybridized carbons (Fsp3) is 0.588. The average molecular weight is 363 g/mol.